The maximum Gasteiger partial charge on any atom is 0.229 e. The lowest BCUT2D eigenvalue weighted by Gasteiger charge is -2.35. The molecule has 2 aromatic carbocycles. The Morgan fingerprint density at radius 1 is 1.08 bits per heavy atom. The largest absolute Gasteiger partial charge is 0.342 e. The zero-order valence-electron chi connectivity index (χ0n) is 15.3. The van der Waals surface area contributed by atoms with Crippen molar-refractivity contribution >= 4 is 5.91 Å². The van der Waals surface area contributed by atoms with Gasteiger partial charge in [0.1, 0.15) is 0 Å². The van der Waals surface area contributed by atoms with Crippen LogP contribution in [0.5, 0.6) is 0 Å². The van der Waals surface area contributed by atoms with Gasteiger partial charge in [-0.25, -0.2) is 5.43 Å². The summed E-state index contributed by atoms with van der Waals surface area (Å²) in [7, 11) is 0. The van der Waals surface area contributed by atoms with E-state index in [0.29, 0.717) is 12.5 Å². The van der Waals surface area contributed by atoms with Crippen molar-refractivity contribution in [2.75, 3.05) is 19.6 Å². The number of nitrogens with zero attached hydrogens (tertiary/aromatic N) is 1. The average molecular weight is 349 g/mol. The molecule has 4 heteroatoms. The average Bonchev–Trinajstić information content (AvgIpc) is 3.18. The summed E-state index contributed by atoms with van der Waals surface area (Å²) in [5.41, 5.74) is 10.3. The van der Waals surface area contributed by atoms with Crippen LogP contribution >= 0.6 is 0 Å². The summed E-state index contributed by atoms with van der Waals surface area (Å²) in [6, 6.07) is 19.0. The molecule has 4 nitrogen and oxygen atoms in total. The Balaban J connectivity index is 1.49. The van der Waals surface area contributed by atoms with E-state index in [9.17, 15) is 4.79 Å². The van der Waals surface area contributed by atoms with E-state index in [1.165, 1.54) is 16.7 Å². The minimum absolute atomic E-state index is 0.0445. The molecule has 4 rings (SSSR count). The summed E-state index contributed by atoms with van der Waals surface area (Å²) in [5, 5.41) is 0. The van der Waals surface area contributed by atoms with Gasteiger partial charge in [0.25, 0.3) is 0 Å². The molecule has 2 aliphatic rings. The quantitative estimate of drug-likeness (QED) is 0.895. The minimum Gasteiger partial charge on any atom is -0.342 e. The van der Waals surface area contributed by atoms with Crippen molar-refractivity contribution in [2.24, 2.45) is 5.92 Å². The van der Waals surface area contributed by atoms with Crippen LogP contribution in [-0.4, -0.2) is 30.4 Å². The summed E-state index contributed by atoms with van der Waals surface area (Å²) >= 11 is 0. The molecule has 2 heterocycles. The maximum atomic E-state index is 13.3. The molecule has 26 heavy (non-hydrogen) atoms. The molecule has 0 bridgehead atoms. The number of benzene rings is 2. The number of carbonyl (C=O) groups excluding carboxylic acids is 1. The van der Waals surface area contributed by atoms with Gasteiger partial charge in [-0.05, 0) is 30.9 Å². The normalized spacial score (nSPS) is 26.0. The van der Waals surface area contributed by atoms with Crippen LogP contribution in [0.4, 0.5) is 0 Å². The number of hydrazine groups is 1. The summed E-state index contributed by atoms with van der Waals surface area (Å²) in [4.78, 5) is 15.4. The van der Waals surface area contributed by atoms with Gasteiger partial charge in [-0.2, -0.15) is 0 Å². The van der Waals surface area contributed by atoms with E-state index in [1.807, 2.05) is 18.2 Å². The highest BCUT2D eigenvalue weighted by atomic mass is 16.2. The van der Waals surface area contributed by atoms with Gasteiger partial charge in [-0.15, -0.1) is 0 Å². The summed E-state index contributed by atoms with van der Waals surface area (Å²) in [6.45, 7) is 4.53. The summed E-state index contributed by atoms with van der Waals surface area (Å²) in [5.74, 6) is 0.674. The Morgan fingerprint density at radius 3 is 2.69 bits per heavy atom. The fourth-order valence-electron chi connectivity index (χ4n) is 4.31. The Bertz CT molecular complexity index is 761. The van der Waals surface area contributed by atoms with Gasteiger partial charge in [0.2, 0.25) is 5.91 Å². The SMILES string of the molecule is Cc1cccc(C2CCCN(C(=O)C3CNNC3c3ccccc3)C2)c1. The fourth-order valence-corrected chi connectivity index (χ4v) is 4.31. The van der Waals surface area contributed by atoms with Crippen molar-refractivity contribution in [3.63, 3.8) is 0 Å². The topological polar surface area (TPSA) is 44.4 Å². The van der Waals surface area contributed by atoms with Crippen LogP contribution in [0.3, 0.4) is 0 Å². The van der Waals surface area contributed by atoms with Gasteiger partial charge in [0.05, 0.1) is 12.0 Å². The summed E-state index contributed by atoms with van der Waals surface area (Å²) < 4.78 is 0. The van der Waals surface area contributed by atoms with E-state index in [4.69, 9.17) is 0 Å². The number of hydrogen-bond donors (Lipinski definition) is 2. The predicted octanol–water partition coefficient (Wildman–Crippen LogP) is 3.17. The van der Waals surface area contributed by atoms with E-state index < -0.39 is 0 Å². The third kappa shape index (κ3) is 3.53. The van der Waals surface area contributed by atoms with E-state index >= 15 is 0 Å². The van der Waals surface area contributed by atoms with Gasteiger partial charge in [-0.3, -0.25) is 10.2 Å². The molecule has 0 saturated carbocycles. The monoisotopic (exact) mass is 349 g/mol. The molecule has 0 aliphatic carbocycles. The number of hydrogen-bond acceptors (Lipinski definition) is 3. The Kier molecular flexibility index (Phi) is 5.05. The first kappa shape index (κ1) is 17.3. The van der Waals surface area contributed by atoms with Crippen LogP contribution in [0.1, 0.15) is 41.5 Å². The highest BCUT2D eigenvalue weighted by molar-refractivity contribution is 5.80. The summed E-state index contributed by atoms with van der Waals surface area (Å²) in [6.07, 6.45) is 2.24. The fraction of sp³-hybridized carbons (Fsp3) is 0.409. The van der Waals surface area contributed by atoms with Crippen LogP contribution in [0, 0.1) is 12.8 Å². The van der Waals surface area contributed by atoms with Gasteiger partial charge in [0, 0.05) is 25.6 Å². The molecular formula is C22H27N3O. The number of aryl methyl sites for hydroxylation is 1. The molecule has 2 aromatic rings. The first-order chi connectivity index (χ1) is 12.7. The smallest absolute Gasteiger partial charge is 0.229 e. The second-order valence-electron chi connectivity index (χ2n) is 7.56. The standard InChI is InChI=1S/C22H27N3O/c1-16-7-5-10-18(13-16)19-11-6-12-25(15-19)22(26)20-14-23-24-21(20)17-8-3-2-4-9-17/h2-5,7-10,13,19-21,23-24H,6,11-12,14-15H2,1H3. The number of nitrogens with one attached hydrogen (secondary N) is 2. The van der Waals surface area contributed by atoms with Crippen molar-refractivity contribution in [1.29, 1.82) is 0 Å². The number of piperidine rings is 1. The number of carbonyl (C=O) groups is 1. The number of amides is 1. The molecule has 2 N–H and O–H groups in total. The lowest BCUT2D eigenvalue weighted by molar-refractivity contribution is -0.136. The highest BCUT2D eigenvalue weighted by Gasteiger charge is 2.37. The van der Waals surface area contributed by atoms with Crippen molar-refractivity contribution in [3.05, 3.63) is 71.3 Å². The third-order valence-electron chi connectivity index (χ3n) is 5.70. The van der Waals surface area contributed by atoms with Crippen molar-refractivity contribution in [2.45, 2.75) is 31.7 Å². The van der Waals surface area contributed by atoms with Crippen LogP contribution in [0.15, 0.2) is 54.6 Å². The van der Waals surface area contributed by atoms with Gasteiger partial charge < -0.3 is 4.90 Å². The van der Waals surface area contributed by atoms with Crippen LogP contribution in [0.2, 0.25) is 0 Å². The van der Waals surface area contributed by atoms with E-state index in [0.717, 1.165) is 25.9 Å². The molecule has 3 atom stereocenters. The zero-order valence-corrected chi connectivity index (χ0v) is 15.3. The van der Waals surface area contributed by atoms with E-state index in [1.54, 1.807) is 0 Å². The Hall–Kier alpha value is -2.17. The highest BCUT2D eigenvalue weighted by Crippen LogP contribution is 2.31. The molecule has 0 spiro atoms. The second-order valence-corrected chi connectivity index (χ2v) is 7.56. The minimum atomic E-state index is -0.0475. The number of rotatable bonds is 3. The van der Waals surface area contributed by atoms with Crippen LogP contribution < -0.4 is 10.9 Å². The zero-order chi connectivity index (χ0) is 17.9. The molecule has 2 aliphatic heterocycles. The second kappa shape index (κ2) is 7.60. The van der Waals surface area contributed by atoms with Gasteiger partial charge in [0.15, 0.2) is 0 Å². The molecule has 136 valence electrons. The predicted molar refractivity (Wildman–Crippen MR) is 104 cm³/mol. The van der Waals surface area contributed by atoms with Gasteiger partial charge in [-0.1, -0.05) is 60.2 Å². The molecule has 0 aromatic heterocycles. The van der Waals surface area contributed by atoms with Crippen molar-refractivity contribution in [1.82, 2.24) is 15.8 Å². The van der Waals surface area contributed by atoms with Crippen molar-refractivity contribution < 1.29 is 4.79 Å². The Morgan fingerprint density at radius 2 is 1.88 bits per heavy atom. The Labute approximate surface area is 155 Å². The van der Waals surface area contributed by atoms with Crippen molar-refractivity contribution in [3.8, 4) is 0 Å². The molecule has 3 unspecified atom stereocenters. The first-order valence-corrected chi connectivity index (χ1v) is 9.61. The number of likely N-dealkylation sites (tertiary alicyclic amines) is 1. The lowest BCUT2D eigenvalue weighted by atomic mass is 9.88. The third-order valence-corrected chi connectivity index (χ3v) is 5.70. The molecule has 1 amide bonds. The molecule has 2 fully saturated rings. The first-order valence-electron chi connectivity index (χ1n) is 9.61. The van der Waals surface area contributed by atoms with Crippen LogP contribution in [-0.2, 0) is 4.79 Å². The van der Waals surface area contributed by atoms with E-state index in [-0.39, 0.29) is 17.9 Å². The van der Waals surface area contributed by atoms with Crippen LogP contribution in [0.25, 0.3) is 0 Å². The lowest BCUT2D eigenvalue weighted by Crippen LogP contribution is -2.44. The maximum absolute atomic E-state index is 13.3. The van der Waals surface area contributed by atoms with E-state index in [2.05, 4.69) is 59.1 Å². The molecule has 2 saturated heterocycles. The van der Waals surface area contributed by atoms with Gasteiger partial charge >= 0.3 is 0 Å². The molecule has 0 radical (unpaired) electrons. The molecular weight excluding hydrogens is 322 g/mol.